The number of nitrogens with one attached hydrogen (secondary N) is 1. The highest BCUT2D eigenvalue weighted by molar-refractivity contribution is 5.95. The van der Waals surface area contributed by atoms with E-state index in [0.29, 0.717) is 38.0 Å². The quantitative estimate of drug-likeness (QED) is 0.219. The van der Waals surface area contributed by atoms with Crippen molar-refractivity contribution in [2.45, 2.75) is 81.3 Å². The van der Waals surface area contributed by atoms with Gasteiger partial charge in [0.15, 0.2) is 5.82 Å². The third-order valence-corrected chi connectivity index (χ3v) is 11.2. The molecule has 0 radical (unpaired) electrons. The van der Waals surface area contributed by atoms with Crippen LogP contribution in [0.3, 0.4) is 0 Å². The predicted molar refractivity (Wildman–Crippen MR) is 168 cm³/mol. The van der Waals surface area contributed by atoms with Crippen molar-refractivity contribution in [2.75, 3.05) is 43.4 Å². The van der Waals surface area contributed by atoms with Gasteiger partial charge in [-0.05, 0) is 82.0 Å². The van der Waals surface area contributed by atoms with Gasteiger partial charge in [0.1, 0.15) is 23.8 Å². The molecular formula is C34H36F7N7O. The van der Waals surface area contributed by atoms with Crippen molar-refractivity contribution in [3.8, 4) is 17.3 Å². The molecule has 4 aliphatic heterocycles. The zero-order chi connectivity index (χ0) is 34.7. The van der Waals surface area contributed by atoms with E-state index in [1.165, 1.54) is 0 Å². The number of ether oxygens (including phenoxy) is 1. The van der Waals surface area contributed by atoms with Crippen LogP contribution in [0.1, 0.15) is 61.6 Å². The molecule has 1 saturated carbocycles. The molecule has 2 aromatic heterocycles. The molecule has 15 heteroatoms. The van der Waals surface area contributed by atoms with Crippen LogP contribution in [-0.4, -0.2) is 69.8 Å². The van der Waals surface area contributed by atoms with E-state index in [1.54, 1.807) is 0 Å². The van der Waals surface area contributed by atoms with E-state index in [-0.39, 0.29) is 40.9 Å². The second-order valence-corrected chi connectivity index (χ2v) is 14.6. The number of nitrogen functional groups attached to an aromatic ring is 1. The minimum absolute atomic E-state index is 0.0409. The number of fused-ring (bicyclic) bond motifs is 4. The number of hydrogen-bond acceptors (Lipinski definition) is 8. The fraction of sp³-hybridized carbons (Fsp3) is 0.559. The summed E-state index contributed by atoms with van der Waals surface area (Å²) in [4.78, 5) is 16.7. The molecule has 0 spiro atoms. The highest BCUT2D eigenvalue weighted by Crippen LogP contribution is 2.51. The first kappa shape index (κ1) is 32.5. The number of halogens is 7. The topological polar surface area (TPSA) is 92.4 Å². The lowest BCUT2D eigenvalue weighted by Gasteiger charge is -2.42. The summed E-state index contributed by atoms with van der Waals surface area (Å²) in [5, 5.41) is 3.45. The van der Waals surface area contributed by atoms with Crippen molar-refractivity contribution in [1.29, 1.82) is 0 Å². The average Bonchev–Trinajstić information content (AvgIpc) is 3.65. The molecule has 49 heavy (non-hydrogen) atoms. The van der Waals surface area contributed by atoms with E-state index in [9.17, 15) is 26.3 Å². The fourth-order valence-electron chi connectivity index (χ4n) is 9.00. The Labute approximate surface area is 277 Å². The fourth-order valence-corrected chi connectivity index (χ4v) is 9.00. The third kappa shape index (κ3) is 5.38. The highest BCUT2D eigenvalue weighted by Gasteiger charge is 2.54. The third-order valence-electron chi connectivity index (χ3n) is 11.2. The van der Waals surface area contributed by atoms with Gasteiger partial charge in [0, 0.05) is 36.6 Å². The van der Waals surface area contributed by atoms with Crippen LogP contribution in [0.4, 0.5) is 42.4 Å². The maximum atomic E-state index is 16.9. The van der Waals surface area contributed by atoms with Crippen LogP contribution in [0.2, 0.25) is 0 Å². The molecule has 3 N–H and O–H groups in total. The van der Waals surface area contributed by atoms with Gasteiger partial charge in [-0.1, -0.05) is 12.2 Å². The van der Waals surface area contributed by atoms with Crippen molar-refractivity contribution >= 4 is 22.5 Å². The minimum Gasteiger partial charge on any atom is -0.461 e. The van der Waals surface area contributed by atoms with Crippen molar-refractivity contribution in [3.05, 3.63) is 46.8 Å². The molecule has 8 rings (SSSR count). The molecule has 3 atom stereocenters. The number of anilines is 2. The molecule has 0 unspecified atom stereocenters. The lowest BCUT2D eigenvalue weighted by Crippen LogP contribution is -2.61. The number of rotatable bonds is 6. The molecule has 0 amide bonds. The molecule has 2 bridgehead atoms. The summed E-state index contributed by atoms with van der Waals surface area (Å²) in [5.74, 6) is -1.63. The smallest absolute Gasteiger partial charge is 0.418 e. The zero-order valence-electron chi connectivity index (χ0n) is 26.9. The maximum Gasteiger partial charge on any atom is 0.418 e. The molecule has 5 fully saturated rings. The van der Waals surface area contributed by atoms with Gasteiger partial charge in [-0.2, -0.15) is 36.3 Å². The number of benzene rings is 1. The van der Waals surface area contributed by atoms with E-state index in [2.05, 4.69) is 31.7 Å². The van der Waals surface area contributed by atoms with Gasteiger partial charge in [0.25, 0.3) is 0 Å². The van der Waals surface area contributed by atoms with E-state index in [4.69, 9.17) is 10.5 Å². The summed E-state index contributed by atoms with van der Waals surface area (Å²) in [7, 11) is 0. The predicted octanol–water partition coefficient (Wildman–Crippen LogP) is 6.65. The zero-order valence-corrected chi connectivity index (χ0v) is 26.9. The van der Waals surface area contributed by atoms with Crippen molar-refractivity contribution in [3.63, 3.8) is 0 Å². The number of piperazine rings is 1. The molecule has 8 nitrogen and oxygen atoms in total. The Balaban J connectivity index is 1.33. The van der Waals surface area contributed by atoms with Gasteiger partial charge in [-0.25, -0.2) is 9.37 Å². The van der Waals surface area contributed by atoms with Crippen molar-refractivity contribution < 1.29 is 35.5 Å². The van der Waals surface area contributed by atoms with E-state index >= 15 is 4.39 Å². The van der Waals surface area contributed by atoms with Crippen molar-refractivity contribution in [1.82, 2.24) is 25.2 Å². The number of aromatic nitrogens is 3. The lowest BCUT2D eigenvalue weighted by molar-refractivity contribution is -0.139. The first-order chi connectivity index (χ1) is 23.1. The van der Waals surface area contributed by atoms with Gasteiger partial charge in [0.2, 0.25) is 0 Å². The van der Waals surface area contributed by atoms with Crippen LogP contribution >= 0.6 is 0 Å². The first-order valence-corrected chi connectivity index (χ1v) is 16.6. The number of aryl methyl sites for hydroxylation is 1. The molecular weight excluding hydrogens is 655 g/mol. The Kier molecular flexibility index (Phi) is 7.22. The number of hydrogen-bond donors (Lipinski definition) is 2. The lowest BCUT2D eigenvalue weighted by atomic mass is 9.90. The van der Waals surface area contributed by atoms with E-state index in [0.717, 1.165) is 63.6 Å². The van der Waals surface area contributed by atoms with Gasteiger partial charge in [0.05, 0.1) is 27.9 Å². The minimum atomic E-state index is -5.27. The molecule has 1 aromatic carbocycles. The Morgan fingerprint density at radius 2 is 1.84 bits per heavy atom. The molecule has 6 heterocycles. The SMILES string of the molecule is C=C1CN2CCC[C@@]2(COc2nc(N3C[C@@H]4CC[C@](C5CC5)(C3)N4)c3cc(C(F)(F)F)c(-c4nc(N)cc(C)c4C(F)(F)F)c(F)c3n2)C1. The Bertz CT molecular complexity index is 1880. The van der Waals surface area contributed by atoms with Crippen LogP contribution < -0.4 is 20.7 Å². The molecule has 4 saturated heterocycles. The Morgan fingerprint density at radius 3 is 2.55 bits per heavy atom. The molecule has 262 valence electrons. The van der Waals surface area contributed by atoms with Crippen LogP contribution in [-0.2, 0) is 12.4 Å². The number of alkyl halides is 6. The monoisotopic (exact) mass is 691 g/mol. The molecule has 5 aliphatic rings. The van der Waals surface area contributed by atoms with Crippen LogP contribution in [0.25, 0.3) is 22.2 Å². The average molecular weight is 692 g/mol. The first-order valence-electron chi connectivity index (χ1n) is 16.6. The van der Waals surface area contributed by atoms with Gasteiger partial charge in [-0.3, -0.25) is 4.90 Å². The normalized spacial score (nSPS) is 27.4. The summed E-state index contributed by atoms with van der Waals surface area (Å²) in [6.07, 6.45) is -4.17. The standard InChI is InChI=1S/C34H36F7N7O/c1-17-12-31(7-3-9-48(31)13-17)16-49-30-44-27-21(29(45-30)47-14-20-6-8-32(15-47,46-20)19-4-5-19)11-22(33(36,37)38)24(26(27)35)28-25(34(39,40)41)18(2)10-23(42)43-28/h10-11,19-20,46H,1,3-9,12-16H2,2H3,(H2,42,43)/t20-,31-,32+/m0/s1. The Morgan fingerprint density at radius 1 is 1.06 bits per heavy atom. The number of nitrogens with zero attached hydrogens (tertiary/aromatic N) is 5. The molecule has 3 aromatic rings. The molecule has 1 aliphatic carbocycles. The van der Waals surface area contributed by atoms with E-state index in [1.807, 2.05) is 4.90 Å². The summed E-state index contributed by atoms with van der Waals surface area (Å²) >= 11 is 0. The maximum absolute atomic E-state index is 16.9. The van der Waals surface area contributed by atoms with Gasteiger partial charge < -0.3 is 20.7 Å². The largest absolute Gasteiger partial charge is 0.461 e. The van der Waals surface area contributed by atoms with Crippen LogP contribution in [0.5, 0.6) is 6.01 Å². The summed E-state index contributed by atoms with van der Waals surface area (Å²) < 4.78 is 111. The van der Waals surface area contributed by atoms with Gasteiger partial charge >= 0.3 is 18.4 Å². The van der Waals surface area contributed by atoms with Crippen LogP contribution in [0.15, 0.2) is 24.3 Å². The second kappa shape index (κ2) is 10.9. The summed E-state index contributed by atoms with van der Waals surface area (Å²) in [5.41, 5.74) is -0.665. The second-order valence-electron chi connectivity index (χ2n) is 14.6. The Hall–Kier alpha value is -3.72. The van der Waals surface area contributed by atoms with Gasteiger partial charge in [-0.15, -0.1) is 0 Å². The summed E-state index contributed by atoms with van der Waals surface area (Å²) in [6.45, 7) is 7.70. The summed E-state index contributed by atoms with van der Waals surface area (Å²) in [6, 6.07) is 1.33. The van der Waals surface area contributed by atoms with Crippen molar-refractivity contribution in [2.24, 2.45) is 5.92 Å². The van der Waals surface area contributed by atoms with Crippen LogP contribution in [0, 0.1) is 18.7 Å². The van der Waals surface area contributed by atoms with E-state index < -0.39 is 57.5 Å². The number of pyridine rings is 1. The highest BCUT2D eigenvalue weighted by atomic mass is 19.4. The number of nitrogens with two attached hydrogens (primary N) is 1.